The first-order valence-electron chi connectivity index (χ1n) is 6.18. The minimum absolute atomic E-state index is 0.0892. The third-order valence-corrected chi connectivity index (χ3v) is 2.43. The Morgan fingerprint density at radius 2 is 1.84 bits per heavy atom. The minimum Gasteiger partial charge on any atom is -0.378 e. The zero-order valence-corrected chi connectivity index (χ0v) is 12.3. The van der Waals surface area contributed by atoms with E-state index in [0.717, 1.165) is 11.3 Å². The van der Waals surface area contributed by atoms with Gasteiger partial charge in [-0.15, -0.1) is 0 Å². The monoisotopic (exact) mass is 263 g/mol. The Balaban J connectivity index is 2.51. The van der Waals surface area contributed by atoms with Crippen LogP contribution in [0.4, 0.5) is 5.69 Å². The highest BCUT2D eigenvalue weighted by molar-refractivity contribution is 5.83. The molecular formula is C14H23N4O+. The quantitative estimate of drug-likeness (QED) is 0.487. The summed E-state index contributed by atoms with van der Waals surface area (Å²) in [5, 5.41) is 3.95. The largest absolute Gasteiger partial charge is 0.378 e. The molecule has 0 bridgehead atoms. The number of nitrogens with one attached hydrogen (secondary N) is 1. The molecule has 1 amide bonds. The number of nitrogens with zero attached hydrogens (tertiary/aromatic N) is 3. The van der Waals surface area contributed by atoms with Gasteiger partial charge < -0.3 is 9.38 Å². The van der Waals surface area contributed by atoms with Crippen LogP contribution in [0.2, 0.25) is 0 Å². The normalized spacial score (nSPS) is 11.6. The van der Waals surface area contributed by atoms with Gasteiger partial charge in [0, 0.05) is 19.8 Å². The molecule has 0 atom stereocenters. The molecular weight excluding hydrogens is 240 g/mol. The molecule has 104 valence electrons. The van der Waals surface area contributed by atoms with Crippen LogP contribution >= 0.6 is 0 Å². The van der Waals surface area contributed by atoms with Gasteiger partial charge in [0.2, 0.25) is 0 Å². The Morgan fingerprint density at radius 3 is 2.32 bits per heavy atom. The van der Waals surface area contributed by atoms with Gasteiger partial charge in [-0.3, -0.25) is 4.79 Å². The van der Waals surface area contributed by atoms with Crippen molar-refractivity contribution in [2.45, 2.75) is 0 Å². The minimum atomic E-state index is -0.0892. The van der Waals surface area contributed by atoms with E-state index in [1.165, 1.54) is 0 Å². The molecule has 0 heterocycles. The second kappa shape index (κ2) is 6.33. The van der Waals surface area contributed by atoms with Crippen molar-refractivity contribution in [1.29, 1.82) is 0 Å². The lowest BCUT2D eigenvalue weighted by Gasteiger charge is -2.21. The molecule has 0 saturated carbocycles. The van der Waals surface area contributed by atoms with E-state index in [2.05, 4.69) is 10.5 Å². The van der Waals surface area contributed by atoms with Crippen LogP contribution in [0, 0.1) is 0 Å². The number of rotatable bonds is 5. The fourth-order valence-electron chi connectivity index (χ4n) is 1.50. The highest BCUT2D eigenvalue weighted by atomic mass is 16.2. The first-order valence-corrected chi connectivity index (χ1v) is 6.18. The van der Waals surface area contributed by atoms with E-state index in [0.29, 0.717) is 11.0 Å². The Labute approximate surface area is 115 Å². The van der Waals surface area contributed by atoms with Crippen LogP contribution < -0.4 is 10.3 Å². The maximum absolute atomic E-state index is 11.5. The molecule has 0 radical (unpaired) electrons. The number of hydrogen-bond donors (Lipinski definition) is 1. The maximum atomic E-state index is 11.5. The van der Waals surface area contributed by atoms with Gasteiger partial charge >= 0.3 is 0 Å². The van der Waals surface area contributed by atoms with Gasteiger partial charge in [-0.05, 0) is 17.7 Å². The van der Waals surface area contributed by atoms with Crippen LogP contribution in [-0.2, 0) is 4.79 Å². The average molecular weight is 263 g/mol. The fraction of sp³-hybridized carbons (Fsp3) is 0.429. The summed E-state index contributed by atoms with van der Waals surface area (Å²) in [6.07, 6.45) is 1.65. The van der Waals surface area contributed by atoms with Crippen LogP contribution in [0.25, 0.3) is 0 Å². The summed E-state index contributed by atoms with van der Waals surface area (Å²) in [5.41, 5.74) is 4.62. The highest BCUT2D eigenvalue weighted by Gasteiger charge is 2.12. The van der Waals surface area contributed by atoms with Crippen LogP contribution in [0.5, 0.6) is 0 Å². The Kier molecular flexibility index (Phi) is 5.06. The predicted octanol–water partition coefficient (Wildman–Crippen LogP) is 0.909. The summed E-state index contributed by atoms with van der Waals surface area (Å²) in [6.45, 7) is 0.400. The number of amides is 1. The van der Waals surface area contributed by atoms with E-state index < -0.39 is 0 Å². The number of likely N-dealkylation sites (N-methyl/N-ethyl adjacent to an activating group) is 1. The molecule has 1 aromatic rings. The van der Waals surface area contributed by atoms with Gasteiger partial charge in [-0.1, -0.05) is 12.1 Å². The number of carbonyl (C=O) groups excluding carboxylic acids is 1. The van der Waals surface area contributed by atoms with Gasteiger partial charge in [-0.2, -0.15) is 5.10 Å². The predicted molar refractivity (Wildman–Crippen MR) is 79.4 cm³/mol. The van der Waals surface area contributed by atoms with Gasteiger partial charge in [0.15, 0.2) is 6.54 Å². The number of carbonyl (C=O) groups is 1. The van der Waals surface area contributed by atoms with Crippen LogP contribution in [0.15, 0.2) is 29.4 Å². The lowest BCUT2D eigenvalue weighted by molar-refractivity contribution is -0.862. The fourth-order valence-corrected chi connectivity index (χ4v) is 1.50. The van der Waals surface area contributed by atoms with Gasteiger partial charge in [-0.25, -0.2) is 5.43 Å². The smallest absolute Gasteiger partial charge is 0.295 e. The maximum Gasteiger partial charge on any atom is 0.295 e. The number of quaternary nitrogens is 1. The molecule has 0 unspecified atom stereocenters. The van der Waals surface area contributed by atoms with E-state index in [4.69, 9.17) is 0 Å². The van der Waals surface area contributed by atoms with Crippen molar-refractivity contribution in [2.75, 3.05) is 46.7 Å². The molecule has 0 saturated heterocycles. The Bertz CT molecular complexity index is 444. The molecule has 1 rings (SSSR count). The van der Waals surface area contributed by atoms with E-state index in [-0.39, 0.29) is 5.91 Å². The van der Waals surface area contributed by atoms with Crippen molar-refractivity contribution in [1.82, 2.24) is 5.43 Å². The number of hydrogen-bond acceptors (Lipinski definition) is 3. The third kappa shape index (κ3) is 6.01. The second-order valence-corrected chi connectivity index (χ2v) is 5.73. The number of benzene rings is 1. The van der Waals surface area contributed by atoms with Crippen LogP contribution in [-0.4, -0.2) is 58.4 Å². The molecule has 0 aliphatic rings. The van der Waals surface area contributed by atoms with Gasteiger partial charge in [0.25, 0.3) is 5.91 Å². The molecule has 0 fully saturated rings. The first kappa shape index (κ1) is 15.2. The molecule has 5 heteroatoms. The molecule has 5 nitrogen and oxygen atoms in total. The summed E-state index contributed by atoms with van der Waals surface area (Å²) in [5.74, 6) is -0.0892. The van der Waals surface area contributed by atoms with E-state index >= 15 is 0 Å². The van der Waals surface area contributed by atoms with Crippen molar-refractivity contribution < 1.29 is 9.28 Å². The van der Waals surface area contributed by atoms with Crippen molar-refractivity contribution in [3.05, 3.63) is 29.8 Å². The van der Waals surface area contributed by atoms with Crippen LogP contribution in [0.3, 0.4) is 0 Å². The van der Waals surface area contributed by atoms with Crippen molar-refractivity contribution in [3.8, 4) is 0 Å². The molecule has 0 spiro atoms. The standard InChI is InChI=1S/C14H22N4O/c1-17(2)13-8-6-12(7-9-13)10-15-16-14(19)11-18(3,4)5/h6-10H,11H2,1-5H3/p+1/b15-10+. The highest BCUT2D eigenvalue weighted by Crippen LogP contribution is 2.10. The first-order chi connectivity index (χ1) is 8.78. The molecule has 1 aromatic carbocycles. The second-order valence-electron chi connectivity index (χ2n) is 5.73. The number of hydrazone groups is 1. The third-order valence-electron chi connectivity index (χ3n) is 2.43. The zero-order valence-electron chi connectivity index (χ0n) is 12.3. The molecule has 1 N–H and O–H groups in total. The van der Waals surface area contributed by atoms with Crippen molar-refractivity contribution >= 4 is 17.8 Å². The SMILES string of the molecule is CN(C)c1ccc(/C=N/NC(=O)C[N+](C)(C)C)cc1. The van der Waals surface area contributed by atoms with E-state index in [9.17, 15) is 4.79 Å². The Morgan fingerprint density at radius 1 is 1.26 bits per heavy atom. The summed E-state index contributed by atoms with van der Waals surface area (Å²) < 4.78 is 0.582. The summed E-state index contributed by atoms with van der Waals surface area (Å²) >= 11 is 0. The van der Waals surface area contributed by atoms with Gasteiger partial charge in [0.1, 0.15) is 0 Å². The summed E-state index contributed by atoms with van der Waals surface area (Å²) in [4.78, 5) is 13.6. The number of anilines is 1. The summed E-state index contributed by atoms with van der Waals surface area (Å²) in [7, 11) is 9.87. The van der Waals surface area contributed by atoms with Crippen LogP contribution in [0.1, 0.15) is 5.56 Å². The molecule has 0 aliphatic heterocycles. The van der Waals surface area contributed by atoms with E-state index in [1.807, 2.05) is 64.4 Å². The molecule has 0 aromatic heterocycles. The van der Waals surface area contributed by atoms with Gasteiger partial charge in [0.05, 0.1) is 27.4 Å². The lowest BCUT2D eigenvalue weighted by Crippen LogP contribution is -2.43. The average Bonchev–Trinajstić information content (AvgIpc) is 2.27. The topological polar surface area (TPSA) is 44.7 Å². The van der Waals surface area contributed by atoms with Crippen molar-refractivity contribution in [3.63, 3.8) is 0 Å². The summed E-state index contributed by atoms with van der Waals surface area (Å²) in [6, 6.07) is 7.94. The van der Waals surface area contributed by atoms with E-state index in [1.54, 1.807) is 6.21 Å². The molecule has 19 heavy (non-hydrogen) atoms. The lowest BCUT2D eigenvalue weighted by atomic mass is 10.2. The zero-order chi connectivity index (χ0) is 14.5. The molecule has 0 aliphatic carbocycles. The Hall–Kier alpha value is -1.88. The van der Waals surface area contributed by atoms with Crippen molar-refractivity contribution in [2.24, 2.45) is 5.10 Å².